The van der Waals surface area contributed by atoms with Crippen LogP contribution in [0.2, 0.25) is 0 Å². The summed E-state index contributed by atoms with van der Waals surface area (Å²) in [7, 11) is 1.42. The second kappa shape index (κ2) is 4.05. The molecule has 0 bridgehead atoms. The van der Waals surface area contributed by atoms with Gasteiger partial charge >= 0.3 is 5.97 Å². The maximum Gasteiger partial charge on any atom is 0.338 e. The highest BCUT2D eigenvalue weighted by Gasteiger charge is 2.23. The Kier molecular flexibility index (Phi) is 3.18. The van der Waals surface area contributed by atoms with Crippen LogP contribution < -0.4 is 0 Å². The second-order valence-electron chi connectivity index (χ2n) is 4.74. The van der Waals surface area contributed by atoms with Crippen molar-refractivity contribution < 1.29 is 9.53 Å². The van der Waals surface area contributed by atoms with Gasteiger partial charge in [0, 0.05) is 0 Å². The SMILES string of the molecule is COC(=O)c1c(C)cccc1C(C)(C)C. The molecule has 0 aliphatic carbocycles. The topological polar surface area (TPSA) is 26.3 Å². The van der Waals surface area contributed by atoms with Gasteiger partial charge in [-0.05, 0) is 23.5 Å². The third kappa shape index (κ3) is 2.38. The largest absolute Gasteiger partial charge is 0.465 e. The first-order chi connectivity index (χ1) is 6.88. The van der Waals surface area contributed by atoms with Crippen molar-refractivity contribution in [1.82, 2.24) is 0 Å². The van der Waals surface area contributed by atoms with E-state index >= 15 is 0 Å². The lowest BCUT2D eigenvalue weighted by atomic mass is 9.82. The molecule has 0 heterocycles. The third-order valence-electron chi connectivity index (χ3n) is 2.47. The van der Waals surface area contributed by atoms with Crippen molar-refractivity contribution in [3.05, 3.63) is 34.9 Å². The Bertz CT molecular complexity index is 373. The van der Waals surface area contributed by atoms with Crippen LogP contribution >= 0.6 is 0 Å². The zero-order chi connectivity index (χ0) is 11.6. The number of rotatable bonds is 1. The van der Waals surface area contributed by atoms with Crippen molar-refractivity contribution in [2.45, 2.75) is 33.1 Å². The first kappa shape index (κ1) is 11.8. The molecule has 0 unspecified atom stereocenters. The molecule has 0 radical (unpaired) electrons. The van der Waals surface area contributed by atoms with Crippen LogP contribution in [0, 0.1) is 6.92 Å². The van der Waals surface area contributed by atoms with Crippen LogP contribution in [0.5, 0.6) is 0 Å². The predicted octanol–water partition coefficient (Wildman–Crippen LogP) is 3.08. The van der Waals surface area contributed by atoms with E-state index < -0.39 is 0 Å². The number of methoxy groups -OCH3 is 1. The van der Waals surface area contributed by atoms with Gasteiger partial charge in [0.05, 0.1) is 12.7 Å². The molecular formula is C13H18O2. The summed E-state index contributed by atoms with van der Waals surface area (Å²) in [5, 5.41) is 0. The molecule has 15 heavy (non-hydrogen) atoms. The highest BCUT2D eigenvalue weighted by molar-refractivity contribution is 5.93. The molecule has 0 saturated heterocycles. The van der Waals surface area contributed by atoms with Gasteiger partial charge in [0.15, 0.2) is 0 Å². The van der Waals surface area contributed by atoms with E-state index in [4.69, 9.17) is 4.74 Å². The van der Waals surface area contributed by atoms with E-state index in [0.717, 1.165) is 11.1 Å². The van der Waals surface area contributed by atoms with Crippen LogP contribution in [0.1, 0.15) is 42.3 Å². The van der Waals surface area contributed by atoms with Crippen LogP contribution in [0.4, 0.5) is 0 Å². The summed E-state index contributed by atoms with van der Waals surface area (Å²) >= 11 is 0. The normalized spacial score (nSPS) is 11.3. The maximum absolute atomic E-state index is 11.7. The van der Waals surface area contributed by atoms with E-state index in [9.17, 15) is 4.79 Å². The Labute approximate surface area is 91.3 Å². The highest BCUT2D eigenvalue weighted by Crippen LogP contribution is 2.28. The number of hydrogen-bond donors (Lipinski definition) is 0. The van der Waals surface area contributed by atoms with Crippen molar-refractivity contribution in [2.75, 3.05) is 7.11 Å². The molecule has 1 aromatic rings. The Morgan fingerprint density at radius 1 is 1.27 bits per heavy atom. The van der Waals surface area contributed by atoms with Gasteiger partial charge in [-0.15, -0.1) is 0 Å². The zero-order valence-corrected chi connectivity index (χ0v) is 10.0. The van der Waals surface area contributed by atoms with Gasteiger partial charge < -0.3 is 4.74 Å². The number of carbonyl (C=O) groups is 1. The van der Waals surface area contributed by atoms with Gasteiger partial charge in [0.25, 0.3) is 0 Å². The molecule has 2 nitrogen and oxygen atoms in total. The van der Waals surface area contributed by atoms with Crippen LogP contribution in [0.25, 0.3) is 0 Å². The van der Waals surface area contributed by atoms with Crippen LogP contribution in [0.15, 0.2) is 18.2 Å². The first-order valence-electron chi connectivity index (χ1n) is 5.06. The molecule has 0 saturated carbocycles. The molecule has 0 fully saturated rings. The van der Waals surface area contributed by atoms with E-state index in [-0.39, 0.29) is 11.4 Å². The van der Waals surface area contributed by atoms with Gasteiger partial charge in [-0.1, -0.05) is 39.0 Å². The predicted molar refractivity (Wildman–Crippen MR) is 61.2 cm³/mol. The molecule has 82 valence electrons. The van der Waals surface area contributed by atoms with Gasteiger partial charge in [-0.2, -0.15) is 0 Å². The smallest absolute Gasteiger partial charge is 0.338 e. The van der Waals surface area contributed by atoms with E-state index in [1.807, 2.05) is 25.1 Å². The van der Waals surface area contributed by atoms with Crippen molar-refractivity contribution >= 4 is 5.97 Å². The van der Waals surface area contributed by atoms with Crippen LogP contribution in [0.3, 0.4) is 0 Å². The lowest BCUT2D eigenvalue weighted by Gasteiger charge is -2.23. The fraction of sp³-hybridized carbons (Fsp3) is 0.462. The molecule has 2 heteroatoms. The van der Waals surface area contributed by atoms with E-state index in [1.54, 1.807) is 0 Å². The van der Waals surface area contributed by atoms with Crippen LogP contribution in [-0.2, 0) is 10.2 Å². The first-order valence-corrected chi connectivity index (χ1v) is 5.06. The molecule has 1 aromatic carbocycles. The fourth-order valence-electron chi connectivity index (χ4n) is 1.67. The van der Waals surface area contributed by atoms with Crippen LogP contribution in [-0.4, -0.2) is 13.1 Å². The molecule has 1 rings (SSSR count). The Morgan fingerprint density at radius 3 is 2.33 bits per heavy atom. The summed E-state index contributed by atoms with van der Waals surface area (Å²) in [6.45, 7) is 8.21. The quantitative estimate of drug-likeness (QED) is 0.660. The van der Waals surface area contributed by atoms with E-state index in [2.05, 4.69) is 20.8 Å². The minimum Gasteiger partial charge on any atom is -0.465 e. The summed E-state index contributed by atoms with van der Waals surface area (Å²) in [6, 6.07) is 5.89. The van der Waals surface area contributed by atoms with Gasteiger partial charge in [0.2, 0.25) is 0 Å². The molecule has 0 amide bonds. The lowest BCUT2D eigenvalue weighted by Crippen LogP contribution is -2.18. The standard InChI is InChI=1S/C13H18O2/c1-9-7-6-8-10(13(2,3)4)11(9)12(14)15-5/h6-8H,1-5H3. The third-order valence-corrected chi connectivity index (χ3v) is 2.47. The van der Waals surface area contributed by atoms with E-state index in [0.29, 0.717) is 5.56 Å². The summed E-state index contributed by atoms with van der Waals surface area (Å²) in [5.74, 6) is -0.252. The number of esters is 1. The average Bonchev–Trinajstić information content (AvgIpc) is 2.15. The molecule has 0 spiro atoms. The summed E-state index contributed by atoms with van der Waals surface area (Å²) in [4.78, 5) is 11.7. The fourth-order valence-corrected chi connectivity index (χ4v) is 1.67. The minimum atomic E-state index is -0.252. The number of ether oxygens (including phenoxy) is 1. The van der Waals surface area contributed by atoms with Crippen molar-refractivity contribution in [3.8, 4) is 0 Å². The Balaban J connectivity index is 3.40. The summed E-state index contributed by atoms with van der Waals surface area (Å²) in [5.41, 5.74) is 2.66. The molecule has 0 aliphatic heterocycles. The molecule has 0 N–H and O–H groups in total. The van der Waals surface area contributed by atoms with Gasteiger partial charge in [0.1, 0.15) is 0 Å². The van der Waals surface area contributed by atoms with Crippen molar-refractivity contribution in [2.24, 2.45) is 0 Å². The lowest BCUT2D eigenvalue weighted by molar-refractivity contribution is 0.0597. The van der Waals surface area contributed by atoms with Crippen molar-refractivity contribution in [1.29, 1.82) is 0 Å². The summed E-state index contributed by atoms with van der Waals surface area (Å²) in [6.07, 6.45) is 0. The average molecular weight is 206 g/mol. The highest BCUT2D eigenvalue weighted by atomic mass is 16.5. The summed E-state index contributed by atoms with van der Waals surface area (Å²) < 4.78 is 4.81. The molecular weight excluding hydrogens is 188 g/mol. The number of hydrogen-bond acceptors (Lipinski definition) is 2. The monoisotopic (exact) mass is 206 g/mol. The minimum absolute atomic E-state index is 0.0461. The zero-order valence-electron chi connectivity index (χ0n) is 10.0. The Hall–Kier alpha value is -1.31. The van der Waals surface area contributed by atoms with Crippen molar-refractivity contribution in [3.63, 3.8) is 0 Å². The molecule has 0 atom stereocenters. The molecule has 0 aliphatic rings. The number of carbonyl (C=O) groups excluding carboxylic acids is 1. The van der Waals surface area contributed by atoms with Gasteiger partial charge in [-0.3, -0.25) is 0 Å². The maximum atomic E-state index is 11.7. The van der Waals surface area contributed by atoms with Gasteiger partial charge in [-0.25, -0.2) is 4.79 Å². The number of aryl methyl sites for hydroxylation is 1. The second-order valence-corrected chi connectivity index (χ2v) is 4.74. The Morgan fingerprint density at radius 2 is 1.87 bits per heavy atom. The number of benzene rings is 1. The molecule has 0 aromatic heterocycles. The van der Waals surface area contributed by atoms with E-state index in [1.165, 1.54) is 7.11 Å².